The van der Waals surface area contributed by atoms with E-state index in [-0.39, 0.29) is 5.92 Å². The molecular weight excluding hydrogens is 130 g/mol. The van der Waals surface area contributed by atoms with Gasteiger partial charge in [0.15, 0.2) is 0 Å². The Labute approximate surface area is 59.5 Å². The van der Waals surface area contributed by atoms with Crippen LogP contribution in [0.4, 0.5) is 0 Å². The van der Waals surface area contributed by atoms with Crippen molar-refractivity contribution in [2.24, 2.45) is 11.1 Å². The van der Waals surface area contributed by atoms with E-state index in [1.807, 2.05) is 0 Å². The molecule has 0 aromatic heterocycles. The van der Waals surface area contributed by atoms with Gasteiger partial charge in [0.1, 0.15) is 13.0 Å². The Morgan fingerprint density at radius 3 is 3.30 bits per heavy atom. The zero-order valence-corrected chi connectivity index (χ0v) is 5.79. The summed E-state index contributed by atoms with van der Waals surface area (Å²) in [6.07, 6.45) is 0. The fourth-order valence-corrected chi connectivity index (χ4v) is 0.919. The average molecular weight is 139 g/mol. The molecule has 1 rings (SSSR count). The van der Waals surface area contributed by atoms with Gasteiger partial charge in [-0.05, 0) is 0 Å². The van der Waals surface area contributed by atoms with E-state index in [0.717, 1.165) is 5.71 Å². The van der Waals surface area contributed by atoms with Gasteiger partial charge in [0, 0.05) is 13.1 Å². The molecule has 0 aliphatic carbocycles. The van der Waals surface area contributed by atoms with Crippen molar-refractivity contribution in [3.05, 3.63) is 0 Å². The van der Waals surface area contributed by atoms with Crippen LogP contribution < -0.4 is 5.32 Å². The van der Waals surface area contributed by atoms with Crippen LogP contribution >= 0.6 is 0 Å². The second-order valence-electron chi connectivity index (χ2n) is 2.08. The standard InChI is InChI=1S/C6H9N3O/c1-10-9-6-4-8-3-5(6)2-7/h5,8H,3-4H2,1H3/b9-6+. The third-order valence-electron chi connectivity index (χ3n) is 1.42. The van der Waals surface area contributed by atoms with Crippen LogP contribution in [0.25, 0.3) is 0 Å². The molecule has 1 unspecified atom stereocenters. The predicted octanol–water partition coefficient (Wildman–Crippen LogP) is -0.268. The highest BCUT2D eigenvalue weighted by Crippen LogP contribution is 2.03. The molecule has 1 N–H and O–H groups in total. The fourth-order valence-electron chi connectivity index (χ4n) is 0.919. The number of hydrogen-bond acceptors (Lipinski definition) is 4. The van der Waals surface area contributed by atoms with Crippen molar-refractivity contribution in [1.29, 1.82) is 5.26 Å². The highest BCUT2D eigenvalue weighted by molar-refractivity contribution is 5.92. The maximum atomic E-state index is 8.54. The van der Waals surface area contributed by atoms with Crippen molar-refractivity contribution >= 4 is 5.71 Å². The quantitative estimate of drug-likeness (QED) is 0.509. The maximum Gasteiger partial charge on any atom is 0.106 e. The van der Waals surface area contributed by atoms with E-state index in [2.05, 4.69) is 21.4 Å². The van der Waals surface area contributed by atoms with Crippen LogP contribution in [-0.4, -0.2) is 25.9 Å². The summed E-state index contributed by atoms with van der Waals surface area (Å²) in [5, 5.41) is 15.3. The number of nitriles is 1. The van der Waals surface area contributed by atoms with Gasteiger partial charge >= 0.3 is 0 Å². The Morgan fingerprint density at radius 2 is 2.70 bits per heavy atom. The van der Waals surface area contributed by atoms with E-state index in [0.29, 0.717) is 13.1 Å². The predicted molar refractivity (Wildman–Crippen MR) is 36.4 cm³/mol. The highest BCUT2D eigenvalue weighted by atomic mass is 16.6. The molecular formula is C6H9N3O. The molecule has 0 aromatic rings. The molecule has 0 amide bonds. The number of nitrogens with zero attached hydrogens (tertiary/aromatic N) is 2. The van der Waals surface area contributed by atoms with Gasteiger partial charge in [0.05, 0.1) is 11.8 Å². The van der Waals surface area contributed by atoms with Gasteiger partial charge in [0.2, 0.25) is 0 Å². The SMILES string of the molecule is CO/N=C1\CNCC1C#N. The van der Waals surface area contributed by atoms with Gasteiger partial charge in [-0.1, -0.05) is 5.16 Å². The summed E-state index contributed by atoms with van der Waals surface area (Å²) in [7, 11) is 1.49. The van der Waals surface area contributed by atoms with Gasteiger partial charge in [-0.25, -0.2) is 0 Å². The Balaban J connectivity index is 2.60. The molecule has 1 aliphatic rings. The van der Waals surface area contributed by atoms with E-state index in [1.165, 1.54) is 7.11 Å². The van der Waals surface area contributed by atoms with Gasteiger partial charge in [0.25, 0.3) is 0 Å². The van der Waals surface area contributed by atoms with Crippen LogP contribution in [0.15, 0.2) is 5.16 Å². The van der Waals surface area contributed by atoms with Crippen molar-refractivity contribution in [2.75, 3.05) is 20.2 Å². The molecule has 0 saturated carbocycles. The summed E-state index contributed by atoms with van der Waals surface area (Å²) in [6.45, 7) is 1.37. The maximum absolute atomic E-state index is 8.54. The first-order chi connectivity index (χ1) is 4.88. The number of oxime groups is 1. The van der Waals surface area contributed by atoms with Crippen molar-refractivity contribution in [3.63, 3.8) is 0 Å². The summed E-state index contributed by atoms with van der Waals surface area (Å²) < 4.78 is 0. The molecule has 1 atom stereocenters. The first-order valence-corrected chi connectivity index (χ1v) is 3.08. The summed E-state index contributed by atoms with van der Waals surface area (Å²) >= 11 is 0. The third-order valence-corrected chi connectivity index (χ3v) is 1.42. The van der Waals surface area contributed by atoms with Crippen molar-refractivity contribution in [1.82, 2.24) is 5.32 Å². The normalized spacial score (nSPS) is 28.4. The van der Waals surface area contributed by atoms with Crippen molar-refractivity contribution < 1.29 is 4.84 Å². The lowest BCUT2D eigenvalue weighted by molar-refractivity contribution is 0.212. The minimum atomic E-state index is -0.0973. The Bertz CT molecular complexity index is 182. The largest absolute Gasteiger partial charge is 0.399 e. The summed E-state index contributed by atoms with van der Waals surface area (Å²) in [6, 6.07) is 2.13. The summed E-state index contributed by atoms with van der Waals surface area (Å²) in [4.78, 5) is 4.55. The number of rotatable bonds is 1. The van der Waals surface area contributed by atoms with Crippen LogP contribution in [0.2, 0.25) is 0 Å². The van der Waals surface area contributed by atoms with Crippen LogP contribution in [0, 0.1) is 17.2 Å². The molecule has 0 aromatic carbocycles. The van der Waals surface area contributed by atoms with Crippen LogP contribution in [-0.2, 0) is 4.84 Å². The minimum Gasteiger partial charge on any atom is -0.399 e. The molecule has 54 valence electrons. The zero-order valence-electron chi connectivity index (χ0n) is 5.79. The lowest BCUT2D eigenvalue weighted by atomic mass is 10.1. The smallest absolute Gasteiger partial charge is 0.106 e. The van der Waals surface area contributed by atoms with Gasteiger partial charge in [-0.2, -0.15) is 5.26 Å². The lowest BCUT2D eigenvalue weighted by Gasteiger charge is -1.95. The highest BCUT2D eigenvalue weighted by Gasteiger charge is 2.21. The van der Waals surface area contributed by atoms with Gasteiger partial charge in [-0.15, -0.1) is 0 Å². The lowest BCUT2D eigenvalue weighted by Crippen LogP contribution is -2.09. The Hall–Kier alpha value is -1.08. The molecule has 1 aliphatic heterocycles. The van der Waals surface area contributed by atoms with Crippen molar-refractivity contribution in [3.8, 4) is 6.07 Å². The Kier molecular flexibility index (Phi) is 2.24. The first kappa shape index (κ1) is 7.03. The molecule has 0 bridgehead atoms. The monoisotopic (exact) mass is 139 g/mol. The molecule has 1 fully saturated rings. The van der Waals surface area contributed by atoms with Gasteiger partial charge in [-0.3, -0.25) is 0 Å². The summed E-state index contributed by atoms with van der Waals surface area (Å²) in [5.41, 5.74) is 0.796. The van der Waals surface area contributed by atoms with E-state index in [9.17, 15) is 0 Å². The van der Waals surface area contributed by atoms with Gasteiger partial charge < -0.3 is 10.2 Å². The van der Waals surface area contributed by atoms with E-state index in [1.54, 1.807) is 0 Å². The van der Waals surface area contributed by atoms with E-state index >= 15 is 0 Å². The molecule has 0 spiro atoms. The van der Waals surface area contributed by atoms with Crippen LogP contribution in [0.1, 0.15) is 0 Å². The Morgan fingerprint density at radius 1 is 1.90 bits per heavy atom. The molecule has 0 radical (unpaired) electrons. The average Bonchev–Trinajstić information content (AvgIpc) is 2.36. The van der Waals surface area contributed by atoms with E-state index in [4.69, 9.17) is 5.26 Å². The molecule has 4 nitrogen and oxygen atoms in total. The van der Waals surface area contributed by atoms with Crippen LogP contribution in [0.3, 0.4) is 0 Å². The fraction of sp³-hybridized carbons (Fsp3) is 0.667. The minimum absolute atomic E-state index is 0.0973. The number of nitrogens with one attached hydrogen (secondary N) is 1. The van der Waals surface area contributed by atoms with Crippen molar-refractivity contribution in [2.45, 2.75) is 0 Å². The molecule has 1 saturated heterocycles. The molecule has 10 heavy (non-hydrogen) atoms. The van der Waals surface area contributed by atoms with Crippen LogP contribution in [0.5, 0.6) is 0 Å². The first-order valence-electron chi connectivity index (χ1n) is 3.08. The molecule has 4 heteroatoms. The number of hydrogen-bond donors (Lipinski definition) is 1. The zero-order chi connectivity index (χ0) is 7.40. The van der Waals surface area contributed by atoms with E-state index < -0.39 is 0 Å². The topological polar surface area (TPSA) is 57.4 Å². The second kappa shape index (κ2) is 3.18. The summed E-state index contributed by atoms with van der Waals surface area (Å²) in [5.74, 6) is -0.0973. The molecule has 1 heterocycles. The second-order valence-corrected chi connectivity index (χ2v) is 2.08. The third kappa shape index (κ3) is 1.25.